The topological polar surface area (TPSA) is 117 Å². The predicted molar refractivity (Wildman–Crippen MR) is 217 cm³/mol. The third-order valence-electron chi connectivity index (χ3n) is 9.20. The molecule has 4 atom stereocenters. The van der Waals surface area contributed by atoms with E-state index in [1.807, 2.05) is 114 Å². The number of aliphatic hydroxyl groups excluding tert-OH is 1. The van der Waals surface area contributed by atoms with Crippen LogP contribution in [-0.4, -0.2) is 65.4 Å². The Bertz CT molecular complexity index is 1540. The lowest BCUT2D eigenvalue weighted by Gasteiger charge is -2.35. The van der Waals surface area contributed by atoms with Gasteiger partial charge in [0.25, 0.3) is 0 Å². The maximum Gasteiger partial charge on any atom is 0.410 e. The summed E-state index contributed by atoms with van der Waals surface area (Å²) in [7, 11) is 0. The Morgan fingerprint density at radius 3 is 1.49 bits per heavy atom. The lowest BCUT2D eigenvalue weighted by atomic mass is 9.91. The summed E-state index contributed by atoms with van der Waals surface area (Å²) in [6.45, 7) is 7.44. The lowest BCUT2D eigenvalue weighted by molar-refractivity contribution is 0.0449. The van der Waals surface area contributed by atoms with Crippen LogP contribution in [0.15, 0.2) is 121 Å². The minimum atomic E-state index is -0.371. The van der Waals surface area contributed by atoms with E-state index in [4.69, 9.17) is 15.2 Å². The summed E-state index contributed by atoms with van der Waals surface area (Å²) in [5, 5.41) is 13.2. The summed E-state index contributed by atoms with van der Waals surface area (Å²) in [5.74, 6) is 0.594. The van der Waals surface area contributed by atoms with Crippen LogP contribution in [0.25, 0.3) is 0 Å². The summed E-state index contributed by atoms with van der Waals surface area (Å²) in [6.07, 6.45) is 3.19. The second-order valence-corrected chi connectivity index (χ2v) is 13.2. The van der Waals surface area contributed by atoms with Gasteiger partial charge in [-0.1, -0.05) is 112 Å². The smallest absolute Gasteiger partial charge is 0.410 e. The molecular weight excluding hydrogens is 665 g/mol. The van der Waals surface area contributed by atoms with E-state index in [2.05, 4.69) is 24.4 Å². The summed E-state index contributed by atoms with van der Waals surface area (Å²) >= 11 is 0. The number of nitrogens with one attached hydrogen (secondary N) is 1. The fourth-order valence-electron chi connectivity index (χ4n) is 6.14. The van der Waals surface area contributed by atoms with Crippen LogP contribution in [0.1, 0.15) is 65.5 Å². The number of piperidine rings is 2. The Hall–Kier alpha value is -5.02. The molecule has 2 aliphatic rings. The molecule has 2 aliphatic heterocycles. The van der Waals surface area contributed by atoms with Crippen LogP contribution < -0.4 is 11.1 Å². The monoisotopic (exact) mass is 726 g/mol. The lowest BCUT2D eigenvalue weighted by Crippen LogP contribution is -2.44. The highest BCUT2D eigenvalue weighted by atomic mass is 16.6. The average molecular weight is 727 g/mol. The number of ether oxygens (including phenoxy) is 2. The van der Waals surface area contributed by atoms with Crippen molar-refractivity contribution >= 4 is 23.6 Å². The number of nitrogens with zero attached hydrogens (tertiary/aromatic N) is 2. The molecule has 2 fully saturated rings. The highest BCUT2D eigenvalue weighted by Gasteiger charge is 2.29. The first-order chi connectivity index (χ1) is 24.8. The van der Waals surface area contributed by atoms with E-state index in [-0.39, 0.29) is 39.1 Å². The van der Waals surface area contributed by atoms with Crippen molar-refractivity contribution in [3.63, 3.8) is 0 Å². The number of aliphatic hydroxyl groups is 1. The van der Waals surface area contributed by atoms with Crippen molar-refractivity contribution in [1.82, 2.24) is 9.80 Å². The SMILES string of the molecule is C.C.C[C@@H](Nc1ccccc1)[C@@H]1CCCN(C(=O)OCc2ccccc2)C1.C[C@H](O)[C@@H]1CCCN(C(=O)OCc2ccccc2)C1.Nc1ccccc1. The van der Waals surface area contributed by atoms with Crippen LogP contribution in [0, 0.1) is 11.8 Å². The fourth-order valence-corrected chi connectivity index (χ4v) is 6.14. The number of hydrogen-bond acceptors (Lipinski definition) is 7. The van der Waals surface area contributed by atoms with Gasteiger partial charge in [0.2, 0.25) is 0 Å². The Morgan fingerprint density at radius 2 is 1.08 bits per heavy atom. The Balaban J connectivity index is 0.000000307. The Labute approximate surface area is 318 Å². The van der Waals surface area contributed by atoms with Gasteiger partial charge in [-0.05, 0) is 80.8 Å². The minimum Gasteiger partial charge on any atom is -0.445 e. The molecule has 0 radical (unpaired) electrons. The fraction of sp³-hybridized carbons (Fsp3) is 0.409. The van der Waals surface area contributed by atoms with Crippen molar-refractivity contribution in [1.29, 1.82) is 0 Å². The number of carbonyl (C=O) groups excluding carboxylic acids is 2. The molecule has 53 heavy (non-hydrogen) atoms. The number of likely N-dealkylation sites (tertiary alicyclic amines) is 2. The zero-order valence-electron chi connectivity index (χ0n) is 30.0. The number of anilines is 2. The molecule has 2 saturated heterocycles. The third-order valence-corrected chi connectivity index (χ3v) is 9.20. The first kappa shape index (κ1) is 44.1. The normalized spacial score (nSPS) is 17.3. The molecule has 0 spiro atoms. The average Bonchev–Trinajstić information content (AvgIpc) is 3.18. The van der Waals surface area contributed by atoms with Gasteiger partial charge in [0, 0.05) is 49.5 Å². The number of carbonyl (C=O) groups is 2. The van der Waals surface area contributed by atoms with Gasteiger partial charge in [-0.25, -0.2) is 9.59 Å². The predicted octanol–water partition coefficient (Wildman–Crippen LogP) is 9.49. The Kier molecular flexibility index (Phi) is 20.2. The number of para-hydroxylation sites is 2. The largest absolute Gasteiger partial charge is 0.445 e. The molecule has 9 heteroatoms. The van der Waals surface area contributed by atoms with Crippen LogP contribution in [-0.2, 0) is 22.7 Å². The van der Waals surface area contributed by atoms with Gasteiger partial charge in [0.1, 0.15) is 13.2 Å². The van der Waals surface area contributed by atoms with Gasteiger partial charge < -0.3 is 35.4 Å². The van der Waals surface area contributed by atoms with E-state index in [0.29, 0.717) is 31.7 Å². The molecule has 4 aromatic carbocycles. The molecule has 4 N–H and O–H groups in total. The Morgan fingerprint density at radius 1 is 0.679 bits per heavy atom. The van der Waals surface area contributed by atoms with E-state index < -0.39 is 0 Å². The van der Waals surface area contributed by atoms with Gasteiger partial charge >= 0.3 is 12.2 Å². The van der Waals surface area contributed by atoms with Crippen LogP contribution in [0.3, 0.4) is 0 Å². The summed E-state index contributed by atoms with van der Waals surface area (Å²) in [5.41, 5.74) is 9.31. The summed E-state index contributed by atoms with van der Waals surface area (Å²) in [4.78, 5) is 27.9. The first-order valence-electron chi connectivity index (χ1n) is 18.0. The van der Waals surface area contributed by atoms with Gasteiger partial charge in [0.05, 0.1) is 6.10 Å². The third kappa shape index (κ3) is 16.0. The molecule has 2 amide bonds. The van der Waals surface area contributed by atoms with Crippen molar-refractivity contribution in [2.45, 2.75) is 79.7 Å². The molecular formula is C44H62N4O5. The molecule has 9 nitrogen and oxygen atoms in total. The molecule has 0 aromatic heterocycles. The van der Waals surface area contributed by atoms with Gasteiger partial charge in [-0.2, -0.15) is 0 Å². The van der Waals surface area contributed by atoms with Crippen LogP contribution in [0.2, 0.25) is 0 Å². The van der Waals surface area contributed by atoms with Gasteiger partial charge in [0.15, 0.2) is 0 Å². The molecule has 0 aliphatic carbocycles. The molecule has 288 valence electrons. The van der Waals surface area contributed by atoms with Gasteiger partial charge in [-0.3, -0.25) is 0 Å². The molecule has 6 rings (SSSR count). The second kappa shape index (κ2) is 24.3. The number of hydrogen-bond donors (Lipinski definition) is 3. The zero-order valence-corrected chi connectivity index (χ0v) is 30.0. The molecule has 0 unspecified atom stereocenters. The summed E-state index contributed by atoms with van der Waals surface area (Å²) in [6, 6.07) is 39.5. The maximum atomic E-state index is 12.4. The molecule has 4 aromatic rings. The standard InChI is InChI=1S/C21H26N2O2.C15H21NO3.C6H7N.2CH4/c1-17(22-20-12-6-3-7-13-20)19-11-8-14-23(15-19)21(24)25-16-18-9-4-2-5-10-18;1-12(17)14-8-5-9-16(10-14)15(18)19-11-13-6-3-2-4-7-13;7-6-4-2-1-3-5-6;;/h2-7,9-10,12-13,17,19,22H,8,11,14-16H2,1H3;2-4,6-7,12,14,17H,5,8-11H2,1H3;1-5H,7H2;2*1H4/t17-,19-;12-,14+;;;/m10.../s1. The minimum absolute atomic E-state index is 0. The summed E-state index contributed by atoms with van der Waals surface area (Å²) < 4.78 is 10.8. The van der Waals surface area contributed by atoms with Crippen molar-refractivity contribution < 1.29 is 24.2 Å². The number of benzene rings is 4. The highest BCUT2D eigenvalue weighted by Crippen LogP contribution is 2.23. The number of nitrogens with two attached hydrogens (primary N) is 1. The van der Waals surface area contributed by atoms with Crippen molar-refractivity contribution in [2.75, 3.05) is 37.2 Å². The molecule has 0 bridgehead atoms. The van der Waals surface area contributed by atoms with Crippen molar-refractivity contribution in [3.8, 4) is 0 Å². The van der Waals surface area contributed by atoms with Crippen LogP contribution >= 0.6 is 0 Å². The quantitative estimate of drug-likeness (QED) is 0.155. The van der Waals surface area contributed by atoms with Crippen LogP contribution in [0.5, 0.6) is 0 Å². The number of rotatable bonds is 8. The van der Waals surface area contributed by atoms with E-state index in [9.17, 15) is 14.7 Å². The van der Waals surface area contributed by atoms with Crippen molar-refractivity contribution in [2.24, 2.45) is 11.8 Å². The van der Waals surface area contributed by atoms with Gasteiger partial charge in [-0.15, -0.1) is 0 Å². The highest BCUT2D eigenvalue weighted by molar-refractivity contribution is 5.68. The van der Waals surface area contributed by atoms with Crippen LogP contribution in [0.4, 0.5) is 21.0 Å². The second-order valence-electron chi connectivity index (χ2n) is 13.2. The number of amides is 2. The first-order valence-corrected chi connectivity index (χ1v) is 18.0. The maximum absolute atomic E-state index is 12.4. The van der Waals surface area contributed by atoms with E-state index >= 15 is 0 Å². The van der Waals surface area contributed by atoms with E-state index in [1.54, 1.807) is 11.8 Å². The molecule has 0 saturated carbocycles. The van der Waals surface area contributed by atoms with E-state index in [0.717, 1.165) is 67.8 Å². The zero-order chi connectivity index (χ0) is 36.3. The molecule has 2 heterocycles. The number of nitrogen functional groups attached to an aromatic ring is 1. The van der Waals surface area contributed by atoms with E-state index in [1.165, 1.54) is 0 Å². The van der Waals surface area contributed by atoms with Crippen molar-refractivity contribution in [3.05, 3.63) is 132 Å².